The van der Waals surface area contributed by atoms with Crippen LogP contribution in [0.25, 0.3) is 0 Å². The molecule has 0 bridgehead atoms. The summed E-state index contributed by atoms with van der Waals surface area (Å²) in [5, 5.41) is 0. The van der Waals surface area contributed by atoms with E-state index in [-0.39, 0.29) is 0 Å². The van der Waals surface area contributed by atoms with E-state index in [1.54, 1.807) is 0 Å². The smallest absolute Gasteiger partial charge is 0.00390 e. The normalized spacial score (nSPS) is 24.1. The zero-order chi connectivity index (χ0) is 15.3. The summed E-state index contributed by atoms with van der Waals surface area (Å²) < 4.78 is 0. The molecule has 126 valence electrons. The Morgan fingerprint density at radius 2 is 1.19 bits per heavy atom. The third-order valence-electron chi connectivity index (χ3n) is 5.59. The van der Waals surface area contributed by atoms with Gasteiger partial charge in [0.1, 0.15) is 0 Å². The Morgan fingerprint density at radius 3 is 1.71 bits per heavy atom. The van der Waals surface area contributed by atoms with E-state index >= 15 is 0 Å². The fourth-order valence-electron chi connectivity index (χ4n) is 4.08. The van der Waals surface area contributed by atoms with E-state index in [4.69, 9.17) is 5.73 Å². The van der Waals surface area contributed by atoms with Crippen LogP contribution in [0.15, 0.2) is 0 Å². The lowest BCUT2D eigenvalue weighted by Crippen LogP contribution is -2.29. The van der Waals surface area contributed by atoms with Crippen LogP contribution in [0.1, 0.15) is 110 Å². The largest absolute Gasteiger partial charge is 0.328 e. The van der Waals surface area contributed by atoms with Gasteiger partial charge in [0.25, 0.3) is 0 Å². The molecular formula is C20H41N. The third-order valence-corrected chi connectivity index (χ3v) is 5.59. The molecule has 21 heavy (non-hydrogen) atoms. The number of nitrogens with two attached hydrogens (primary N) is 1. The van der Waals surface area contributed by atoms with E-state index in [1.165, 1.54) is 96.3 Å². The number of rotatable bonds is 12. The minimum Gasteiger partial charge on any atom is -0.328 e. The van der Waals surface area contributed by atoms with Gasteiger partial charge in [0.05, 0.1) is 0 Å². The zero-order valence-corrected chi connectivity index (χ0v) is 14.9. The van der Waals surface area contributed by atoms with E-state index in [1.807, 2.05) is 0 Å². The summed E-state index contributed by atoms with van der Waals surface area (Å²) in [6.07, 6.45) is 21.3. The molecule has 1 rings (SSSR count). The van der Waals surface area contributed by atoms with Gasteiger partial charge in [-0.15, -0.1) is 0 Å². The SMILES string of the molecule is CCCCCCCC(CCCCCC)C1CCC(N)CC1. The Hall–Kier alpha value is -0.0400. The first-order chi connectivity index (χ1) is 10.3. The maximum absolute atomic E-state index is 6.09. The van der Waals surface area contributed by atoms with Crippen molar-refractivity contribution in [3.05, 3.63) is 0 Å². The molecule has 0 aromatic heterocycles. The molecule has 0 amide bonds. The molecule has 1 nitrogen and oxygen atoms in total. The molecule has 1 saturated carbocycles. The van der Waals surface area contributed by atoms with Gasteiger partial charge in [0, 0.05) is 6.04 Å². The molecule has 0 spiro atoms. The summed E-state index contributed by atoms with van der Waals surface area (Å²) in [5.41, 5.74) is 6.09. The van der Waals surface area contributed by atoms with Gasteiger partial charge >= 0.3 is 0 Å². The van der Waals surface area contributed by atoms with Crippen molar-refractivity contribution in [3.63, 3.8) is 0 Å². The molecule has 0 aliphatic heterocycles. The first kappa shape index (κ1) is 19.0. The molecule has 1 aliphatic rings. The minimum atomic E-state index is 0.506. The molecule has 0 aromatic carbocycles. The van der Waals surface area contributed by atoms with Gasteiger partial charge in [-0.1, -0.05) is 84.5 Å². The highest BCUT2D eigenvalue weighted by atomic mass is 14.6. The summed E-state index contributed by atoms with van der Waals surface area (Å²) in [5.74, 6) is 2.01. The predicted molar refractivity (Wildman–Crippen MR) is 95.6 cm³/mol. The maximum atomic E-state index is 6.09. The molecule has 1 aliphatic carbocycles. The maximum Gasteiger partial charge on any atom is 0.00390 e. The number of unbranched alkanes of at least 4 members (excludes halogenated alkanes) is 7. The number of hydrogen-bond acceptors (Lipinski definition) is 1. The van der Waals surface area contributed by atoms with Gasteiger partial charge < -0.3 is 5.73 Å². The Bertz CT molecular complexity index is 218. The second-order valence-corrected chi connectivity index (χ2v) is 7.49. The van der Waals surface area contributed by atoms with E-state index in [9.17, 15) is 0 Å². The van der Waals surface area contributed by atoms with Crippen LogP contribution in [-0.2, 0) is 0 Å². The van der Waals surface area contributed by atoms with E-state index in [0.717, 1.165) is 11.8 Å². The standard InChI is InChI=1S/C20H41N/c1-3-5-7-9-11-13-18(12-10-8-6-4-2)19-14-16-20(21)17-15-19/h18-20H,3-17,21H2,1-2H3. The summed E-state index contributed by atoms with van der Waals surface area (Å²) in [7, 11) is 0. The molecule has 1 atom stereocenters. The highest BCUT2D eigenvalue weighted by molar-refractivity contribution is 4.79. The van der Waals surface area contributed by atoms with Crippen molar-refractivity contribution in [1.82, 2.24) is 0 Å². The zero-order valence-electron chi connectivity index (χ0n) is 14.9. The van der Waals surface area contributed by atoms with Crippen LogP contribution in [-0.4, -0.2) is 6.04 Å². The summed E-state index contributed by atoms with van der Waals surface area (Å²) in [6, 6.07) is 0.506. The highest BCUT2D eigenvalue weighted by Gasteiger charge is 2.25. The van der Waals surface area contributed by atoms with Crippen LogP contribution < -0.4 is 5.73 Å². The molecule has 1 heteroatoms. The molecule has 0 aromatic rings. The van der Waals surface area contributed by atoms with E-state index < -0.39 is 0 Å². The molecule has 1 fully saturated rings. The minimum absolute atomic E-state index is 0.506. The molecule has 0 heterocycles. The summed E-state index contributed by atoms with van der Waals surface area (Å²) >= 11 is 0. The third kappa shape index (κ3) is 8.86. The molecule has 1 unspecified atom stereocenters. The summed E-state index contributed by atoms with van der Waals surface area (Å²) in [6.45, 7) is 4.62. The van der Waals surface area contributed by atoms with Crippen molar-refractivity contribution in [2.24, 2.45) is 17.6 Å². The van der Waals surface area contributed by atoms with Crippen molar-refractivity contribution >= 4 is 0 Å². The first-order valence-corrected chi connectivity index (χ1v) is 10.0. The molecule has 0 saturated heterocycles. The van der Waals surface area contributed by atoms with Crippen molar-refractivity contribution in [3.8, 4) is 0 Å². The quantitative estimate of drug-likeness (QED) is 0.411. The van der Waals surface area contributed by atoms with Crippen molar-refractivity contribution in [2.45, 2.75) is 116 Å². The van der Waals surface area contributed by atoms with Gasteiger partial charge in [0.2, 0.25) is 0 Å². The Morgan fingerprint density at radius 1 is 0.714 bits per heavy atom. The second kappa shape index (κ2) is 12.5. The van der Waals surface area contributed by atoms with E-state index in [2.05, 4.69) is 13.8 Å². The van der Waals surface area contributed by atoms with Crippen molar-refractivity contribution < 1.29 is 0 Å². The lowest BCUT2D eigenvalue weighted by Gasteiger charge is -2.33. The fourth-order valence-corrected chi connectivity index (χ4v) is 4.08. The van der Waals surface area contributed by atoms with Gasteiger partial charge in [-0.25, -0.2) is 0 Å². The lowest BCUT2D eigenvalue weighted by molar-refractivity contribution is 0.203. The Labute approximate surface area is 134 Å². The fraction of sp³-hybridized carbons (Fsp3) is 1.00. The van der Waals surface area contributed by atoms with Crippen molar-refractivity contribution in [1.29, 1.82) is 0 Å². The van der Waals surface area contributed by atoms with Crippen LogP contribution in [0.3, 0.4) is 0 Å². The summed E-state index contributed by atoms with van der Waals surface area (Å²) in [4.78, 5) is 0. The van der Waals surface area contributed by atoms with Gasteiger partial charge in [-0.2, -0.15) is 0 Å². The second-order valence-electron chi connectivity index (χ2n) is 7.49. The van der Waals surface area contributed by atoms with Crippen LogP contribution >= 0.6 is 0 Å². The molecular weight excluding hydrogens is 254 g/mol. The van der Waals surface area contributed by atoms with Crippen LogP contribution in [0, 0.1) is 11.8 Å². The molecule has 2 N–H and O–H groups in total. The topological polar surface area (TPSA) is 26.0 Å². The first-order valence-electron chi connectivity index (χ1n) is 10.0. The van der Waals surface area contributed by atoms with Crippen molar-refractivity contribution in [2.75, 3.05) is 0 Å². The van der Waals surface area contributed by atoms with Crippen LogP contribution in [0.2, 0.25) is 0 Å². The highest BCUT2D eigenvalue weighted by Crippen LogP contribution is 2.35. The lowest BCUT2D eigenvalue weighted by atomic mass is 9.74. The predicted octanol–water partition coefficient (Wildman–Crippen LogP) is 6.45. The van der Waals surface area contributed by atoms with Gasteiger partial charge in [0.15, 0.2) is 0 Å². The monoisotopic (exact) mass is 295 g/mol. The van der Waals surface area contributed by atoms with Crippen LogP contribution in [0.4, 0.5) is 0 Å². The molecule has 0 radical (unpaired) electrons. The van der Waals surface area contributed by atoms with Gasteiger partial charge in [-0.05, 0) is 37.5 Å². The Balaban J connectivity index is 2.27. The number of hydrogen-bond donors (Lipinski definition) is 1. The Kier molecular flexibility index (Phi) is 11.3. The van der Waals surface area contributed by atoms with Crippen LogP contribution in [0.5, 0.6) is 0 Å². The average molecular weight is 296 g/mol. The van der Waals surface area contributed by atoms with E-state index in [0.29, 0.717) is 6.04 Å². The van der Waals surface area contributed by atoms with Gasteiger partial charge in [-0.3, -0.25) is 0 Å². The average Bonchev–Trinajstić information content (AvgIpc) is 2.50.